The number of phenolic OH excluding ortho intramolecular Hbond substituents is 1. The van der Waals surface area contributed by atoms with Gasteiger partial charge in [-0.25, -0.2) is 4.98 Å². The van der Waals surface area contributed by atoms with Crippen molar-refractivity contribution in [3.8, 4) is 5.75 Å². The third-order valence-corrected chi connectivity index (χ3v) is 3.53. The van der Waals surface area contributed by atoms with Gasteiger partial charge in [-0.05, 0) is 6.07 Å². The monoisotopic (exact) mass is 259 g/mol. The van der Waals surface area contributed by atoms with Gasteiger partial charge in [0.1, 0.15) is 5.75 Å². The second-order valence-electron chi connectivity index (χ2n) is 4.06. The first kappa shape index (κ1) is 11.3. The zero-order chi connectivity index (χ0) is 12.4. The molecule has 5 heteroatoms. The fourth-order valence-corrected chi connectivity index (χ4v) is 2.57. The highest BCUT2D eigenvalue weighted by Gasteiger charge is 2.03. The molecule has 0 aliphatic carbocycles. The number of imidazole rings is 1. The van der Waals surface area contributed by atoms with Crippen molar-refractivity contribution in [3.05, 3.63) is 53.3 Å². The number of phenols is 1. The van der Waals surface area contributed by atoms with Crippen LogP contribution in [0.25, 0.3) is 4.96 Å². The molecule has 0 bridgehead atoms. The van der Waals surface area contributed by atoms with Crippen LogP contribution in [0.5, 0.6) is 5.75 Å². The molecule has 0 aliphatic heterocycles. The summed E-state index contributed by atoms with van der Waals surface area (Å²) in [5.74, 6) is 0.329. The van der Waals surface area contributed by atoms with Crippen LogP contribution >= 0.6 is 11.3 Å². The van der Waals surface area contributed by atoms with Crippen molar-refractivity contribution in [2.75, 3.05) is 0 Å². The van der Waals surface area contributed by atoms with Crippen LogP contribution in [0.2, 0.25) is 0 Å². The molecule has 18 heavy (non-hydrogen) atoms. The minimum Gasteiger partial charge on any atom is -0.508 e. The minimum atomic E-state index is 0.329. The van der Waals surface area contributed by atoms with Gasteiger partial charge in [-0.3, -0.25) is 4.40 Å². The number of hydrogen-bond donors (Lipinski definition) is 2. The first-order valence-corrected chi connectivity index (χ1v) is 6.59. The Bertz CT molecular complexity index is 630. The lowest BCUT2D eigenvalue weighted by Gasteiger charge is -2.04. The summed E-state index contributed by atoms with van der Waals surface area (Å²) in [5, 5.41) is 14.9. The molecule has 0 fully saturated rings. The number of rotatable bonds is 4. The van der Waals surface area contributed by atoms with E-state index in [0.717, 1.165) is 16.2 Å². The average Bonchev–Trinajstić information content (AvgIpc) is 2.92. The normalized spacial score (nSPS) is 11.1. The van der Waals surface area contributed by atoms with Crippen molar-refractivity contribution >= 4 is 16.3 Å². The van der Waals surface area contributed by atoms with Gasteiger partial charge in [0.05, 0.1) is 5.69 Å². The van der Waals surface area contributed by atoms with Crippen molar-refractivity contribution in [1.29, 1.82) is 0 Å². The SMILES string of the molecule is Oc1ccccc1CNCc1cn2ccsc2n1. The van der Waals surface area contributed by atoms with E-state index in [1.165, 1.54) is 0 Å². The first-order valence-electron chi connectivity index (χ1n) is 5.71. The molecule has 0 aliphatic rings. The van der Waals surface area contributed by atoms with Crippen LogP contribution in [-0.4, -0.2) is 14.5 Å². The molecule has 92 valence electrons. The van der Waals surface area contributed by atoms with E-state index in [1.807, 2.05) is 40.4 Å². The average molecular weight is 259 g/mol. The molecular formula is C13H13N3OS. The molecule has 0 atom stereocenters. The van der Waals surface area contributed by atoms with Gasteiger partial charge in [0, 0.05) is 36.4 Å². The molecule has 3 aromatic rings. The number of nitrogens with one attached hydrogen (secondary N) is 1. The summed E-state index contributed by atoms with van der Waals surface area (Å²) in [7, 11) is 0. The lowest BCUT2D eigenvalue weighted by atomic mass is 10.2. The molecular weight excluding hydrogens is 246 g/mol. The summed E-state index contributed by atoms with van der Waals surface area (Å²) in [5.41, 5.74) is 1.91. The topological polar surface area (TPSA) is 49.6 Å². The third kappa shape index (κ3) is 2.23. The molecule has 4 nitrogen and oxygen atoms in total. The van der Waals surface area contributed by atoms with E-state index in [0.29, 0.717) is 18.8 Å². The number of aromatic nitrogens is 2. The predicted octanol–water partition coefficient (Wildman–Crippen LogP) is 2.39. The smallest absolute Gasteiger partial charge is 0.193 e. The van der Waals surface area contributed by atoms with Gasteiger partial charge in [0.15, 0.2) is 4.96 Å². The molecule has 2 heterocycles. The summed E-state index contributed by atoms with van der Waals surface area (Å²) >= 11 is 1.62. The van der Waals surface area contributed by atoms with Gasteiger partial charge < -0.3 is 10.4 Å². The molecule has 2 N–H and O–H groups in total. The maximum Gasteiger partial charge on any atom is 0.193 e. The fourth-order valence-electron chi connectivity index (χ4n) is 1.85. The lowest BCUT2D eigenvalue weighted by Crippen LogP contribution is -2.12. The van der Waals surface area contributed by atoms with Crippen molar-refractivity contribution in [2.45, 2.75) is 13.1 Å². The minimum absolute atomic E-state index is 0.329. The summed E-state index contributed by atoms with van der Waals surface area (Å²) in [6, 6.07) is 7.35. The van der Waals surface area contributed by atoms with Crippen LogP contribution in [0, 0.1) is 0 Å². The Balaban J connectivity index is 1.62. The Morgan fingerprint density at radius 3 is 3.00 bits per heavy atom. The number of thiazole rings is 1. The van der Waals surface area contributed by atoms with Crippen molar-refractivity contribution in [2.24, 2.45) is 0 Å². The van der Waals surface area contributed by atoms with Gasteiger partial charge in [-0.1, -0.05) is 18.2 Å². The van der Waals surface area contributed by atoms with Crippen molar-refractivity contribution in [3.63, 3.8) is 0 Å². The van der Waals surface area contributed by atoms with E-state index in [-0.39, 0.29) is 0 Å². The van der Waals surface area contributed by atoms with Crippen molar-refractivity contribution < 1.29 is 5.11 Å². The van der Waals surface area contributed by atoms with Crippen LogP contribution in [0.3, 0.4) is 0 Å². The largest absolute Gasteiger partial charge is 0.508 e. The van der Waals surface area contributed by atoms with E-state index >= 15 is 0 Å². The molecule has 0 saturated carbocycles. The van der Waals surface area contributed by atoms with Gasteiger partial charge in [-0.2, -0.15) is 0 Å². The highest BCUT2D eigenvalue weighted by Crippen LogP contribution is 2.15. The zero-order valence-electron chi connectivity index (χ0n) is 9.71. The third-order valence-electron chi connectivity index (χ3n) is 2.76. The first-order chi connectivity index (χ1) is 8.83. The number of fused-ring (bicyclic) bond motifs is 1. The zero-order valence-corrected chi connectivity index (χ0v) is 10.5. The number of hydrogen-bond acceptors (Lipinski definition) is 4. The van der Waals surface area contributed by atoms with E-state index in [2.05, 4.69) is 10.3 Å². The second-order valence-corrected chi connectivity index (χ2v) is 4.93. The maximum absolute atomic E-state index is 9.63. The van der Waals surface area contributed by atoms with Crippen molar-refractivity contribution in [1.82, 2.24) is 14.7 Å². The highest BCUT2D eigenvalue weighted by molar-refractivity contribution is 7.15. The standard InChI is InChI=1S/C13H13N3OS/c17-12-4-2-1-3-10(12)7-14-8-11-9-16-5-6-18-13(16)15-11/h1-6,9,14,17H,7-8H2. The second kappa shape index (κ2) is 4.80. The Labute approximate surface area is 109 Å². The molecule has 0 amide bonds. The summed E-state index contributed by atoms with van der Waals surface area (Å²) in [6.07, 6.45) is 4.02. The Hall–Kier alpha value is -1.85. The number of nitrogens with zero attached hydrogens (tertiary/aromatic N) is 2. The molecule has 2 aromatic heterocycles. The molecule has 0 unspecified atom stereocenters. The van der Waals surface area contributed by atoms with E-state index in [4.69, 9.17) is 0 Å². The van der Waals surface area contributed by atoms with E-state index in [9.17, 15) is 5.11 Å². The summed E-state index contributed by atoms with van der Waals surface area (Å²) in [6.45, 7) is 1.33. The molecule has 0 radical (unpaired) electrons. The number of aromatic hydroxyl groups is 1. The highest BCUT2D eigenvalue weighted by atomic mass is 32.1. The molecule has 3 rings (SSSR count). The van der Waals surface area contributed by atoms with E-state index in [1.54, 1.807) is 17.4 Å². The van der Waals surface area contributed by atoms with Gasteiger partial charge in [0.2, 0.25) is 0 Å². The van der Waals surface area contributed by atoms with Gasteiger partial charge >= 0.3 is 0 Å². The summed E-state index contributed by atoms with van der Waals surface area (Å²) < 4.78 is 2.02. The summed E-state index contributed by atoms with van der Waals surface area (Å²) in [4.78, 5) is 5.49. The van der Waals surface area contributed by atoms with E-state index < -0.39 is 0 Å². The maximum atomic E-state index is 9.63. The fraction of sp³-hybridized carbons (Fsp3) is 0.154. The Morgan fingerprint density at radius 1 is 1.28 bits per heavy atom. The lowest BCUT2D eigenvalue weighted by molar-refractivity contribution is 0.464. The van der Waals surface area contributed by atoms with Crippen LogP contribution in [0.15, 0.2) is 42.0 Å². The predicted molar refractivity (Wildman–Crippen MR) is 71.7 cm³/mol. The quantitative estimate of drug-likeness (QED) is 0.756. The number of benzene rings is 1. The molecule has 1 aromatic carbocycles. The van der Waals surface area contributed by atoms with Crippen LogP contribution in [-0.2, 0) is 13.1 Å². The number of para-hydroxylation sites is 1. The Kier molecular flexibility index (Phi) is 3.00. The van der Waals surface area contributed by atoms with Crippen LogP contribution in [0.1, 0.15) is 11.3 Å². The van der Waals surface area contributed by atoms with Crippen LogP contribution < -0.4 is 5.32 Å². The van der Waals surface area contributed by atoms with Gasteiger partial charge in [0.25, 0.3) is 0 Å². The van der Waals surface area contributed by atoms with Gasteiger partial charge in [-0.15, -0.1) is 11.3 Å². The molecule has 0 spiro atoms. The molecule has 0 saturated heterocycles. The van der Waals surface area contributed by atoms with Crippen LogP contribution in [0.4, 0.5) is 0 Å². The Morgan fingerprint density at radius 2 is 2.17 bits per heavy atom.